The highest BCUT2D eigenvalue weighted by Gasteiger charge is 2.30. The molecule has 1 amide bonds. The lowest BCUT2D eigenvalue weighted by Crippen LogP contribution is -2.49. The van der Waals surface area contributed by atoms with Gasteiger partial charge >= 0.3 is 17.2 Å². The van der Waals surface area contributed by atoms with Gasteiger partial charge in [0.05, 0.1) is 10.9 Å². The summed E-state index contributed by atoms with van der Waals surface area (Å²) in [5.74, 6) is -1.84. The Bertz CT molecular complexity index is 474. The maximum Gasteiger partial charge on any atom is 0.370 e. The van der Waals surface area contributed by atoms with Crippen molar-refractivity contribution in [1.82, 2.24) is 5.32 Å². The molecule has 0 aliphatic heterocycles. The van der Waals surface area contributed by atoms with E-state index in [4.69, 9.17) is 4.74 Å². The Balaban J connectivity index is 4.65. The molecule has 8 nitrogen and oxygen atoms in total. The van der Waals surface area contributed by atoms with Gasteiger partial charge in [-0.2, -0.15) is 12.6 Å². The molecule has 1 N–H and O–H groups in total. The van der Waals surface area contributed by atoms with Crippen molar-refractivity contribution in [2.75, 3.05) is 12.5 Å². The molecular weight excluding hydrogens is 358 g/mol. The van der Waals surface area contributed by atoms with E-state index in [-0.39, 0.29) is 11.9 Å². The lowest BCUT2D eigenvalue weighted by molar-refractivity contribution is -0.151. The predicted octanol–water partition coefficient (Wildman–Crippen LogP) is 1.52. The van der Waals surface area contributed by atoms with Crippen LogP contribution in [0.3, 0.4) is 0 Å². The van der Waals surface area contributed by atoms with E-state index >= 15 is 0 Å². The van der Waals surface area contributed by atoms with Crippen molar-refractivity contribution in [3.63, 3.8) is 0 Å². The van der Waals surface area contributed by atoms with Crippen molar-refractivity contribution < 1.29 is 33.4 Å². The molecule has 0 saturated heterocycles. The molecule has 0 saturated carbocycles. The summed E-state index contributed by atoms with van der Waals surface area (Å²) in [6.07, 6.45) is -0.373. The molecule has 0 unspecified atom stereocenters. The van der Waals surface area contributed by atoms with Gasteiger partial charge < -0.3 is 19.5 Å². The van der Waals surface area contributed by atoms with Crippen LogP contribution in [0, 0.1) is 0 Å². The molecule has 0 fully saturated rings. The average Bonchev–Trinajstić information content (AvgIpc) is 2.40. The number of carbonyl (C=O) groups is 4. The minimum atomic E-state index is -1.04. The zero-order valence-electron chi connectivity index (χ0n) is 14.3. The first-order valence-corrected chi connectivity index (χ1v) is 8.53. The summed E-state index contributed by atoms with van der Waals surface area (Å²) >= 11 is 4.78. The molecule has 0 bridgehead atoms. The first kappa shape index (κ1) is 22.6. The lowest BCUT2D eigenvalue weighted by atomic mass is 10.2. The summed E-state index contributed by atoms with van der Waals surface area (Å²) in [6, 6.07) is -1.04. The van der Waals surface area contributed by atoms with Gasteiger partial charge in [-0.25, -0.2) is 9.59 Å². The molecule has 24 heavy (non-hydrogen) atoms. The van der Waals surface area contributed by atoms with Crippen molar-refractivity contribution in [2.24, 2.45) is 0 Å². The van der Waals surface area contributed by atoms with Gasteiger partial charge in [0.25, 0.3) is 0 Å². The summed E-state index contributed by atoms with van der Waals surface area (Å²) in [4.78, 5) is 46.1. The standard InChI is InChI=1S/C14H23NO7S2/c1-8(2)22-11(17)10(15-12(18)14(4,5)23)6-24-13(19)21-7-20-9(3)16/h8,10,23H,6-7H2,1-5H3,(H,15,18)/t10-/m0/s1. The number of thiol groups is 1. The second-order valence-corrected chi connectivity index (χ2v) is 7.60. The number of thioether (sulfide) groups is 1. The summed E-state index contributed by atoms with van der Waals surface area (Å²) in [6.45, 7) is 7.12. The number of hydrogen-bond donors (Lipinski definition) is 2. The fraction of sp³-hybridized carbons (Fsp3) is 0.714. The van der Waals surface area contributed by atoms with Crippen molar-refractivity contribution >= 4 is 47.5 Å². The first-order chi connectivity index (χ1) is 10.9. The van der Waals surface area contributed by atoms with Crippen LogP contribution in [0.25, 0.3) is 0 Å². The van der Waals surface area contributed by atoms with E-state index in [0.29, 0.717) is 11.8 Å². The maximum atomic E-state index is 12.0. The van der Waals surface area contributed by atoms with Crippen LogP contribution in [-0.4, -0.2) is 52.6 Å². The molecular formula is C14H23NO7S2. The van der Waals surface area contributed by atoms with Crippen LogP contribution < -0.4 is 5.32 Å². The van der Waals surface area contributed by atoms with Crippen molar-refractivity contribution in [3.05, 3.63) is 0 Å². The van der Waals surface area contributed by atoms with Crippen molar-refractivity contribution in [2.45, 2.75) is 51.5 Å². The van der Waals surface area contributed by atoms with E-state index in [9.17, 15) is 19.2 Å². The third kappa shape index (κ3) is 10.4. The van der Waals surface area contributed by atoms with Gasteiger partial charge in [0.1, 0.15) is 6.04 Å². The normalized spacial score (nSPS) is 12.3. The molecule has 0 aliphatic carbocycles. The maximum absolute atomic E-state index is 12.0. The number of ether oxygens (including phenoxy) is 3. The molecule has 0 heterocycles. The molecule has 0 spiro atoms. The Hall–Kier alpha value is -1.42. The largest absolute Gasteiger partial charge is 0.461 e. The Morgan fingerprint density at radius 1 is 1.17 bits per heavy atom. The van der Waals surface area contributed by atoms with Gasteiger partial charge in [-0.05, 0) is 39.5 Å². The Kier molecular flexibility index (Phi) is 9.83. The van der Waals surface area contributed by atoms with Gasteiger partial charge in [0, 0.05) is 12.7 Å². The van der Waals surface area contributed by atoms with E-state index < -0.39 is 40.7 Å². The van der Waals surface area contributed by atoms with Gasteiger partial charge in [-0.1, -0.05) is 0 Å². The van der Waals surface area contributed by atoms with E-state index in [1.54, 1.807) is 27.7 Å². The second kappa shape index (κ2) is 10.4. The van der Waals surface area contributed by atoms with Crippen LogP contribution in [0.2, 0.25) is 0 Å². The van der Waals surface area contributed by atoms with Crippen LogP contribution >= 0.6 is 24.4 Å². The number of rotatable bonds is 8. The lowest BCUT2D eigenvalue weighted by Gasteiger charge is -2.23. The highest BCUT2D eigenvalue weighted by atomic mass is 32.2. The van der Waals surface area contributed by atoms with E-state index in [1.165, 1.54) is 6.92 Å². The number of esters is 2. The predicted molar refractivity (Wildman–Crippen MR) is 91.8 cm³/mol. The van der Waals surface area contributed by atoms with E-state index in [0.717, 1.165) is 0 Å². The molecule has 0 aromatic rings. The molecule has 0 radical (unpaired) electrons. The fourth-order valence-corrected chi connectivity index (χ4v) is 1.89. The molecule has 138 valence electrons. The number of nitrogens with one attached hydrogen (secondary N) is 1. The monoisotopic (exact) mass is 381 g/mol. The quantitative estimate of drug-likeness (QED) is 0.370. The summed E-state index contributed by atoms with van der Waals surface area (Å²) in [5.41, 5.74) is 0. The minimum Gasteiger partial charge on any atom is -0.461 e. The Morgan fingerprint density at radius 3 is 2.21 bits per heavy atom. The molecule has 0 aromatic carbocycles. The Labute approximate surface area is 150 Å². The van der Waals surface area contributed by atoms with Crippen LogP contribution in [0.5, 0.6) is 0 Å². The summed E-state index contributed by atoms with van der Waals surface area (Å²) in [5, 5.41) is 1.74. The zero-order valence-corrected chi connectivity index (χ0v) is 16.0. The van der Waals surface area contributed by atoms with Gasteiger partial charge in [0.2, 0.25) is 12.7 Å². The number of hydrogen-bond acceptors (Lipinski definition) is 9. The summed E-state index contributed by atoms with van der Waals surface area (Å²) < 4.78 is 13.2. The topological polar surface area (TPSA) is 108 Å². The van der Waals surface area contributed by atoms with E-state index in [2.05, 4.69) is 27.4 Å². The summed E-state index contributed by atoms with van der Waals surface area (Å²) in [7, 11) is 0. The third-order valence-electron chi connectivity index (χ3n) is 2.30. The van der Waals surface area contributed by atoms with Gasteiger partial charge in [-0.3, -0.25) is 9.59 Å². The van der Waals surface area contributed by atoms with Crippen LogP contribution in [0.1, 0.15) is 34.6 Å². The van der Waals surface area contributed by atoms with Crippen LogP contribution in [0.15, 0.2) is 0 Å². The number of carbonyl (C=O) groups excluding carboxylic acids is 4. The SMILES string of the molecule is CC(=O)OCOC(=O)SC[C@H](NC(=O)C(C)(C)S)C(=O)OC(C)C. The van der Waals surface area contributed by atoms with Crippen molar-refractivity contribution in [3.8, 4) is 0 Å². The third-order valence-corrected chi connectivity index (χ3v) is 3.36. The molecule has 0 aliphatic rings. The second-order valence-electron chi connectivity index (χ2n) is 5.53. The molecule has 1 atom stereocenters. The Morgan fingerprint density at radius 2 is 1.75 bits per heavy atom. The smallest absolute Gasteiger partial charge is 0.370 e. The van der Waals surface area contributed by atoms with Gasteiger partial charge in [-0.15, -0.1) is 0 Å². The molecule has 10 heteroatoms. The average molecular weight is 381 g/mol. The zero-order chi connectivity index (χ0) is 18.9. The fourth-order valence-electron chi connectivity index (χ4n) is 1.17. The van der Waals surface area contributed by atoms with Crippen LogP contribution in [0.4, 0.5) is 4.79 Å². The van der Waals surface area contributed by atoms with Gasteiger partial charge in [0.15, 0.2) is 0 Å². The van der Waals surface area contributed by atoms with Crippen LogP contribution in [-0.2, 0) is 28.6 Å². The number of amides is 1. The van der Waals surface area contributed by atoms with Crippen molar-refractivity contribution in [1.29, 1.82) is 0 Å². The first-order valence-electron chi connectivity index (χ1n) is 7.10. The van der Waals surface area contributed by atoms with E-state index in [1.807, 2.05) is 0 Å². The highest BCUT2D eigenvalue weighted by Crippen LogP contribution is 2.14. The molecule has 0 aromatic heterocycles. The highest BCUT2D eigenvalue weighted by molar-refractivity contribution is 8.13. The minimum absolute atomic E-state index is 0.0972. The molecule has 0 rings (SSSR count).